The van der Waals surface area contributed by atoms with Crippen molar-refractivity contribution in [2.45, 2.75) is 38.6 Å². The molecule has 1 aromatic carbocycles. The second-order valence-corrected chi connectivity index (χ2v) is 7.87. The Morgan fingerprint density at radius 3 is 2.89 bits per heavy atom. The number of hydrogen-bond acceptors (Lipinski definition) is 5. The van der Waals surface area contributed by atoms with Crippen molar-refractivity contribution in [3.8, 4) is 5.75 Å². The summed E-state index contributed by atoms with van der Waals surface area (Å²) in [5.41, 5.74) is 0.121. The smallest absolute Gasteiger partial charge is 0.271 e. The van der Waals surface area contributed by atoms with E-state index in [1.54, 1.807) is 0 Å². The molecule has 2 saturated carbocycles. The first-order valence-corrected chi connectivity index (χ1v) is 9.43. The molecule has 2 amide bonds. The fourth-order valence-electron chi connectivity index (χ4n) is 4.93. The topological polar surface area (TPSA) is 102 Å². The number of anilines is 1. The first kappa shape index (κ1) is 17.8. The molecule has 3 aliphatic rings. The van der Waals surface area contributed by atoms with Gasteiger partial charge < -0.3 is 10.1 Å². The van der Waals surface area contributed by atoms with E-state index in [0.29, 0.717) is 17.6 Å². The molecule has 2 aliphatic carbocycles. The van der Waals surface area contributed by atoms with Crippen LogP contribution >= 0.6 is 0 Å². The van der Waals surface area contributed by atoms with Gasteiger partial charge in [0.25, 0.3) is 11.6 Å². The first-order chi connectivity index (χ1) is 12.9. The number of nitro groups is 1. The fourth-order valence-corrected chi connectivity index (χ4v) is 4.93. The fraction of sp³-hybridized carbons (Fsp3) is 0.579. The van der Waals surface area contributed by atoms with Gasteiger partial charge in [-0.1, -0.05) is 6.42 Å². The summed E-state index contributed by atoms with van der Waals surface area (Å²) in [5.74, 6) is 1.73. The largest absolute Gasteiger partial charge is 0.482 e. The Hall–Kier alpha value is -2.64. The van der Waals surface area contributed by atoms with E-state index in [4.69, 9.17) is 4.74 Å². The lowest BCUT2D eigenvalue weighted by atomic mass is 9.84. The highest BCUT2D eigenvalue weighted by molar-refractivity contribution is 6.02. The van der Waals surface area contributed by atoms with Gasteiger partial charge in [-0.3, -0.25) is 24.6 Å². The minimum Gasteiger partial charge on any atom is -0.482 e. The highest BCUT2D eigenvalue weighted by Gasteiger charge is 2.42. The molecule has 4 rings (SSSR count). The molecule has 27 heavy (non-hydrogen) atoms. The monoisotopic (exact) mass is 373 g/mol. The van der Waals surface area contributed by atoms with Crippen LogP contribution in [0.3, 0.4) is 0 Å². The maximum atomic E-state index is 12.6. The number of benzene rings is 1. The van der Waals surface area contributed by atoms with Crippen molar-refractivity contribution in [1.82, 2.24) is 5.32 Å². The standard InChI is InChI=1S/C19H23N3O5/c1-11(15-7-12-2-3-13(15)6-12)20-18(23)9-21-16-8-14(22(25)26)4-5-17(16)27-10-19(21)24/h4-5,8,11-13,15H,2-3,6-7,9-10H2,1H3,(H,20,23). The number of non-ortho nitro benzene ring substituents is 1. The normalized spacial score (nSPS) is 27.1. The Morgan fingerprint density at radius 2 is 2.22 bits per heavy atom. The molecule has 2 fully saturated rings. The number of ether oxygens (including phenoxy) is 1. The van der Waals surface area contributed by atoms with Gasteiger partial charge >= 0.3 is 0 Å². The zero-order valence-electron chi connectivity index (χ0n) is 15.2. The molecule has 8 heteroatoms. The van der Waals surface area contributed by atoms with Crippen molar-refractivity contribution in [2.75, 3.05) is 18.1 Å². The molecule has 1 N–H and O–H groups in total. The van der Waals surface area contributed by atoms with Crippen molar-refractivity contribution in [1.29, 1.82) is 0 Å². The number of nitro benzene ring substituents is 1. The summed E-state index contributed by atoms with van der Waals surface area (Å²) < 4.78 is 5.33. The van der Waals surface area contributed by atoms with E-state index in [-0.39, 0.29) is 42.4 Å². The van der Waals surface area contributed by atoms with Gasteiger partial charge in [0.05, 0.1) is 10.6 Å². The van der Waals surface area contributed by atoms with Crippen LogP contribution in [0.2, 0.25) is 0 Å². The van der Waals surface area contributed by atoms with E-state index in [0.717, 1.165) is 12.3 Å². The molecule has 4 unspecified atom stereocenters. The van der Waals surface area contributed by atoms with Crippen LogP contribution in [0.1, 0.15) is 32.6 Å². The van der Waals surface area contributed by atoms with Crippen molar-refractivity contribution in [3.05, 3.63) is 28.3 Å². The number of carbonyl (C=O) groups excluding carboxylic acids is 2. The lowest BCUT2D eigenvalue weighted by Gasteiger charge is -2.31. The minimum absolute atomic E-state index is 0.0634. The molecule has 0 spiro atoms. The van der Waals surface area contributed by atoms with Crippen LogP contribution < -0.4 is 15.0 Å². The minimum atomic E-state index is -0.533. The SMILES string of the molecule is CC(NC(=O)CN1C(=O)COc2ccc([N+](=O)[O-])cc21)C1CC2CCC1C2. The van der Waals surface area contributed by atoms with Gasteiger partial charge in [-0.15, -0.1) is 0 Å². The molecule has 144 valence electrons. The van der Waals surface area contributed by atoms with Crippen LogP contribution in [0, 0.1) is 27.9 Å². The average Bonchev–Trinajstić information content (AvgIpc) is 3.27. The van der Waals surface area contributed by atoms with Gasteiger partial charge in [-0.25, -0.2) is 0 Å². The molecule has 8 nitrogen and oxygen atoms in total. The van der Waals surface area contributed by atoms with Crippen LogP contribution in [-0.4, -0.2) is 35.9 Å². The maximum absolute atomic E-state index is 12.6. The molecular formula is C19H23N3O5. The maximum Gasteiger partial charge on any atom is 0.271 e. The highest BCUT2D eigenvalue weighted by atomic mass is 16.6. The third kappa shape index (κ3) is 3.36. The number of nitrogens with one attached hydrogen (secondary N) is 1. The predicted molar refractivity (Wildman–Crippen MR) is 97.5 cm³/mol. The van der Waals surface area contributed by atoms with E-state index in [1.807, 2.05) is 6.92 Å². The summed E-state index contributed by atoms with van der Waals surface area (Å²) in [7, 11) is 0. The predicted octanol–water partition coefficient (Wildman–Crippen LogP) is 2.26. The highest BCUT2D eigenvalue weighted by Crippen LogP contribution is 2.49. The Bertz CT molecular complexity index is 796. The van der Waals surface area contributed by atoms with Crippen LogP contribution in [-0.2, 0) is 9.59 Å². The Labute approximate surface area is 157 Å². The van der Waals surface area contributed by atoms with E-state index in [9.17, 15) is 19.7 Å². The average molecular weight is 373 g/mol. The van der Waals surface area contributed by atoms with E-state index in [1.165, 1.54) is 42.4 Å². The molecule has 0 aromatic heterocycles. The zero-order valence-corrected chi connectivity index (χ0v) is 15.2. The van der Waals surface area contributed by atoms with Crippen molar-refractivity contribution < 1.29 is 19.2 Å². The Balaban J connectivity index is 1.45. The summed E-state index contributed by atoms with van der Waals surface area (Å²) >= 11 is 0. The lowest BCUT2D eigenvalue weighted by Crippen LogP contribution is -2.48. The van der Waals surface area contributed by atoms with Crippen molar-refractivity contribution in [3.63, 3.8) is 0 Å². The van der Waals surface area contributed by atoms with Crippen molar-refractivity contribution >= 4 is 23.2 Å². The van der Waals surface area contributed by atoms with Gasteiger partial charge in [0, 0.05) is 18.2 Å². The summed E-state index contributed by atoms with van der Waals surface area (Å²) in [6.45, 7) is 1.69. The lowest BCUT2D eigenvalue weighted by molar-refractivity contribution is -0.384. The van der Waals surface area contributed by atoms with Gasteiger partial charge in [-0.2, -0.15) is 0 Å². The summed E-state index contributed by atoms with van der Waals surface area (Å²) in [4.78, 5) is 36.6. The Kier molecular flexibility index (Phi) is 4.49. The summed E-state index contributed by atoms with van der Waals surface area (Å²) in [5, 5.41) is 14.1. The molecule has 0 saturated heterocycles. The molecule has 2 bridgehead atoms. The van der Waals surface area contributed by atoms with Crippen molar-refractivity contribution in [2.24, 2.45) is 17.8 Å². The molecular weight excluding hydrogens is 350 g/mol. The second kappa shape index (κ2) is 6.83. The number of rotatable bonds is 5. The quantitative estimate of drug-likeness (QED) is 0.630. The Morgan fingerprint density at radius 1 is 1.41 bits per heavy atom. The third-order valence-corrected chi connectivity index (χ3v) is 6.22. The summed E-state index contributed by atoms with van der Waals surface area (Å²) in [6.07, 6.45) is 4.98. The van der Waals surface area contributed by atoms with Gasteiger partial charge in [0.1, 0.15) is 12.3 Å². The second-order valence-electron chi connectivity index (χ2n) is 7.87. The van der Waals surface area contributed by atoms with E-state index < -0.39 is 4.92 Å². The molecule has 1 aromatic rings. The van der Waals surface area contributed by atoms with E-state index in [2.05, 4.69) is 5.32 Å². The third-order valence-electron chi connectivity index (χ3n) is 6.22. The summed E-state index contributed by atoms with van der Waals surface area (Å²) in [6, 6.07) is 4.12. The molecule has 1 heterocycles. The van der Waals surface area contributed by atoms with Crippen LogP contribution in [0.25, 0.3) is 0 Å². The number of hydrogen-bond donors (Lipinski definition) is 1. The van der Waals surface area contributed by atoms with Crippen LogP contribution in [0.15, 0.2) is 18.2 Å². The number of fused-ring (bicyclic) bond motifs is 3. The number of carbonyl (C=O) groups is 2. The number of amides is 2. The van der Waals surface area contributed by atoms with E-state index >= 15 is 0 Å². The molecule has 0 radical (unpaired) electrons. The van der Waals surface area contributed by atoms with Crippen LogP contribution in [0.5, 0.6) is 5.75 Å². The number of nitrogens with zero attached hydrogens (tertiary/aromatic N) is 2. The first-order valence-electron chi connectivity index (χ1n) is 9.43. The van der Waals surface area contributed by atoms with Gasteiger partial charge in [0.2, 0.25) is 5.91 Å². The van der Waals surface area contributed by atoms with Gasteiger partial charge in [-0.05, 0) is 50.0 Å². The van der Waals surface area contributed by atoms with Crippen LogP contribution in [0.4, 0.5) is 11.4 Å². The molecule has 4 atom stereocenters. The molecule has 1 aliphatic heterocycles. The zero-order chi connectivity index (χ0) is 19.1. The van der Waals surface area contributed by atoms with Gasteiger partial charge in [0.15, 0.2) is 6.61 Å².